The lowest BCUT2D eigenvalue weighted by atomic mass is 10.2. The Morgan fingerprint density at radius 3 is 2.71 bits per heavy atom. The van der Waals surface area contributed by atoms with Crippen molar-refractivity contribution in [3.8, 4) is 11.8 Å². The van der Waals surface area contributed by atoms with Crippen molar-refractivity contribution in [3.05, 3.63) is 47.8 Å². The number of nitrogens with one attached hydrogen (secondary N) is 2. The van der Waals surface area contributed by atoms with E-state index in [1.807, 2.05) is 36.6 Å². The summed E-state index contributed by atoms with van der Waals surface area (Å²) in [4.78, 5) is 27.5. The number of imidazole rings is 1. The minimum atomic E-state index is -0.794. The van der Waals surface area contributed by atoms with Gasteiger partial charge in [-0.1, -0.05) is 41.8 Å². The van der Waals surface area contributed by atoms with Gasteiger partial charge in [-0.05, 0) is 18.4 Å². The highest BCUT2D eigenvalue weighted by Crippen LogP contribution is 2.13. The summed E-state index contributed by atoms with van der Waals surface area (Å²) in [5, 5.41) is 0.693. The molecule has 2 N–H and O–H groups in total. The largest absolute Gasteiger partial charge is 0.435 e. The molecular formula is C16H16N4O3S. The lowest BCUT2D eigenvalue weighted by Crippen LogP contribution is -2.42. The van der Waals surface area contributed by atoms with Crippen molar-refractivity contribution < 1.29 is 14.3 Å². The number of thioether (sulfide) groups is 1. The molecule has 0 bridgehead atoms. The topological polar surface area (TPSA) is 85.2 Å². The normalized spacial score (nSPS) is 9.58. The van der Waals surface area contributed by atoms with Crippen LogP contribution in [0.4, 0.5) is 4.79 Å². The molecule has 0 saturated carbocycles. The average molecular weight is 344 g/mol. The van der Waals surface area contributed by atoms with E-state index < -0.39 is 12.0 Å². The Morgan fingerprint density at radius 2 is 2.04 bits per heavy atom. The number of carbonyl (C=O) groups excluding carboxylic acids is 2. The van der Waals surface area contributed by atoms with Crippen LogP contribution in [0.25, 0.3) is 0 Å². The Hall–Kier alpha value is -2.92. The van der Waals surface area contributed by atoms with E-state index in [-0.39, 0.29) is 6.61 Å². The molecule has 1 heterocycles. The Kier molecular flexibility index (Phi) is 6.28. The number of hydrogen-bond acceptors (Lipinski definition) is 5. The quantitative estimate of drug-likeness (QED) is 0.501. The number of nitrogens with zero attached hydrogens (tertiary/aromatic N) is 2. The van der Waals surface area contributed by atoms with Gasteiger partial charge in [0, 0.05) is 12.6 Å². The van der Waals surface area contributed by atoms with E-state index in [1.165, 1.54) is 18.0 Å². The van der Waals surface area contributed by atoms with Crippen LogP contribution in [0, 0.1) is 11.8 Å². The van der Waals surface area contributed by atoms with Crippen LogP contribution in [0.15, 0.2) is 41.7 Å². The second-order valence-electron chi connectivity index (χ2n) is 4.51. The molecule has 124 valence electrons. The van der Waals surface area contributed by atoms with E-state index in [1.54, 1.807) is 11.6 Å². The first-order chi connectivity index (χ1) is 11.6. The molecule has 0 saturated heterocycles. The van der Waals surface area contributed by atoms with Gasteiger partial charge in [-0.2, -0.15) is 0 Å². The number of rotatable bonds is 3. The van der Waals surface area contributed by atoms with Gasteiger partial charge in [-0.3, -0.25) is 10.2 Å². The van der Waals surface area contributed by atoms with Gasteiger partial charge < -0.3 is 9.30 Å². The SMILES string of the molecule is CSc1ncc(C(=O)NNC(=O)OCC#Cc2ccccc2)n1C. The first-order valence-electron chi connectivity index (χ1n) is 6.94. The van der Waals surface area contributed by atoms with Crippen molar-refractivity contribution in [2.24, 2.45) is 7.05 Å². The second-order valence-corrected chi connectivity index (χ2v) is 5.29. The van der Waals surface area contributed by atoms with Crippen LogP contribution >= 0.6 is 11.8 Å². The summed E-state index contributed by atoms with van der Waals surface area (Å²) in [5.74, 6) is 5.07. The fourth-order valence-corrected chi connectivity index (χ4v) is 2.29. The van der Waals surface area contributed by atoms with Gasteiger partial charge in [0.1, 0.15) is 5.69 Å². The van der Waals surface area contributed by atoms with Crippen molar-refractivity contribution in [2.75, 3.05) is 12.9 Å². The molecule has 0 fully saturated rings. The molecule has 2 rings (SSSR count). The number of hydrogen-bond donors (Lipinski definition) is 2. The number of carbonyl (C=O) groups is 2. The molecule has 1 aromatic heterocycles. The summed E-state index contributed by atoms with van der Waals surface area (Å²) in [7, 11) is 1.71. The summed E-state index contributed by atoms with van der Waals surface area (Å²) < 4.78 is 6.47. The Bertz CT molecular complexity index is 778. The molecule has 24 heavy (non-hydrogen) atoms. The minimum Gasteiger partial charge on any atom is -0.435 e. The Labute approximate surface area is 143 Å². The fraction of sp³-hybridized carbons (Fsp3) is 0.188. The van der Waals surface area contributed by atoms with E-state index in [4.69, 9.17) is 4.74 Å². The highest BCUT2D eigenvalue weighted by atomic mass is 32.2. The lowest BCUT2D eigenvalue weighted by molar-refractivity contribution is 0.0907. The maximum atomic E-state index is 11.9. The smallest absolute Gasteiger partial charge is 0.427 e. The third kappa shape index (κ3) is 4.79. The highest BCUT2D eigenvalue weighted by molar-refractivity contribution is 7.98. The van der Waals surface area contributed by atoms with Crippen LogP contribution in [0.2, 0.25) is 0 Å². The van der Waals surface area contributed by atoms with Gasteiger partial charge in [0.05, 0.1) is 6.20 Å². The first kappa shape index (κ1) is 17.4. The van der Waals surface area contributed by atoms with Gasteiger partial charge in [-0.25, -0.2) is 15.2 Å². The summed E-state index contributed by atoms with van der Waals surface area (Å²) in [6, 6.07) is 9.33. The van der Waals surface area contributed by atoms with E-state index in [0.717, 1.165) is 5.56 Å². The van der Waals surface area contributed by atoms with Gasteiger partial charge in [-0.15, -0.1) is 0 Å². The van der Waals surface area contributed by atoms with E-state index >= 15 is 0 Å². The van der Waals surface area contributed by atoms with Crippen LogP contribution < -0.4 is 10.9 Å². The number of ether oxygens (including phenoxy) is 1. The molecule has 2 aromatic rings. The predicted octanol–water partition coefficient (Wildman–Crippen LogP) is 1.56. The number of hydrazine groups is 1. The molecule has 7 nitrogen and oxygen atoms in total. The van der Waals surface area contributed by atoms with Crippen LogP contribution in [0.5, 0.6) is 0 Å². The summed E-state index contributed by atoms with van der Waals surface area (Å²) >= 11 is 1.41. The molecular weight excluding hydrogens is 328 g/mol. The molecule has 0 spiro atoms. The number of amides is 2. The number of benzene rings is 1. The monoisotopic (exact) mass is 344 g/mol. The van der Waals surface area contributed by atoms with Crippen molar-refractivity contribution in [1.82, 2.24) is 20.4 Å². The standard InChI is InChI=1S/C16H16N4O3S/c1-20-13(11-17-15(20)24-2)14(21)18-19-16(22)23-10-6-9-12-7-4-3-5-8-12/h3-5,7-8,11H,10H2,1-2H3,(H,18,21)(H,19,22). The van der Waals surface area contributed by atoms with E-state index in [0.29, 0.717) is 10.9 Å². The predicted molar refractivity (Wildman–Crippen MR) is 90.3 cm³/mol. The molecule has 0 aliphatic carbocycles. The Morgan fingerprint density at radius 1 is 1.29 bits per heavy atom. The maximum Gasteiger partial charge on any atom is 0.427 e. The summed E-state index contributed by atoms with van der Waals surface area (Å²) in [5.41, 5.74) is 5.56. The van der Waals surface area contributed by atoms with Gasteiger partial charge in [0.15, 0.2) is 11.8 Å². The number of aromatic nitrogens is 2. The molecule has 0 unspecified atom stereocenters. The van der Waals surface area contributed by atoms with Gasteiger partial charge >= 0.3 is 6.09 Å². The summed E-state index contributed by atoms with van der Waals surface area (Å²) in [6.45, 7) is -0.0844. The van der Waals surface area contributed by atoms with E-state index in [9.17, 15) is 9.59 Å². The van der Waals surface area contributed by atoms with Crippen molar-refractivity contribution in [2.45, 2.75) is 5.16 Å². The van der Waals surface area contributed by atoms with Crippen molar-refractivity contribution in [3.63, 3.8) is 0 Å². The van der Waals surface area contributed by atoms with Gasteiger partial charge in [0.2, 0.25) is 0 Å². The average Bonchev–Trinajstić information content (AvgIpc) is 2.98. The molecule has 0 aliphatic rings. The van der Waals surface area contributed by atoms with Crippen LogP contribution in [-0.2, 0) is 11.8 Å². The molecule has 2 amide bonds. The zero-order valence-electron chi connectivity index (χ0n) is 13.2. The molecule has 0 atom stereocenters. The van der Waals surface area contributed by atoms with Gasteiger partial charge in [0.25, 0.3) is 5.91 Å². The van der Waals surface area contributed by atoms with Crippen molar-refractivity contribution in [1.29, 1.82) is 0 Å². The zero-order chi connectivity index (χ0) is 17.4. The lowest BCUT2D eigenvalue weighted by Gasteiger charge is -2.07. The third-order valence-electron chi connectivity index (χ3n) is 2.92. The summed E-state index contributed by atoms with van der Waals surface area (Å²) in [6.07, 6.45) is 2.49. The van der Waals surface area contributed by atoms with Crippen LogP contribution in [-0.4, -0.2) is 34.4 Å². The zero-order valence-corrected chi connectivity index (χ0v) is 14.0. The van der Waals surface area contributed by atoms with E-state index in [2.05, 4.69) is 27.7 Å². The highest BCUT2D eigenvalue weighted by Gasteiger charge is 2.14. The van der Waals surface area contributed by atoms with Crippen LogP contribution in [0.1, 0.15) is 16.1 Å². The minimum absolute atomic E-state index is 0.0844. The fourth-order valence-electron chi connectivity index (χ4n) is 1.76. The Balaban J connectivity index is 1.76. The molecule has 1 aromatic carbocycles. The second kappa shape index (κ2) is 8.64. The molecule has 8 heteroatoms. The third-order valence-corrected chi connectivity index (χ3v) is 3.67. The molecule has 0 aliphatic heterocycles. The maximum absolute atomic E-state index is 11.9. The first-order valence-corrected chi connectivity index (χ1v) is 8.17. The van der Waals surface area contributed by atoms with Crippen LogP contribution in [0.3, 0.4) is 0 Å². The molecule has 0 radical (unpaired) electrons. The van der Waals surface area contributed by atoms with Crippen molar-refractivity contribution >= 4 is 23.8 Å².